The summed E-state index contributed by atoms with van der Waals surface area (Å²) in [6.07, 6.45) is 7.44. The summed E-state index contributed by atoms with van der Waals surface area (Å²) in [5.41, 5.74) is 1.90. The Bertz CT molecular complexity index is 858. The number of benzene rings is 1. The Morgan fingerprint density at radius 3 is 2.37 bits per heavy atom. The molecule has 4 rings (SSSR count). The Morgan fingerprint density at radius 1 is 1.04 bits per heavy atom. The van der Waals surface area contributed by atoms with Crippen molar-refractivity contribution in [2.45, 2.75) is 62.4 Å². The van der Waals surface area contributed by atoms with E-state index in [2.05, 4.69) is 5.32 Å². The highest BCUT2D eigenvalue weighted by Crippen LogP contribution is 2.33. The monoisotopic (exact) mass is 390 g/mol. The molecule has 3 aliphatic rings. The number of hydrogen-bond acceptors (Lipinski definition) is 5. The van der Waals surface area contributed by atoms with Gasteiger partial charge in [-0.1, -0.05) is 23.8 Å². The van der Waals surface area contributed by atoms with E-state index in [0.29, 0.717) is 24.7 Å². The minimum atomic E-state index is -3.52. The molecule has 6 nitrogen and oxygen atoms in total. The van der Waals surface area contributed by atoms with E-state index in [4.69, 9.17) is 5.14 Å². The maximum absolute atomic E-state index is 11.8. The van der Waals surface area contributed by atoms with Crippen molar-refractivity contribution in [1.82, 2.24) is 5.32 Å². The highest BCUT2D eigenvalue weighted by atomic mass is 32.2. The van der Waals surface area contributed by atoms with Crippen LogP contribution in [0.2, 0.25) is 0 Å². The summed E-state index contributed by atoms with van der Waals surface area (Å²) in [6, 6.07) is 6.92. The van der Waals surface area contributed by atoms with Crippen LogP contribution in [0.25, 0.3) is 0 Å². The van der Waals surface area contributed by atoms with Crippen molar-refractivity contribution in [3.8, 4) is 0 Å². The lowest BCUT2D eigenvalue weighted by molar-refractivity contribution is -0.124. The van der Waals surface area contributed by atoms with Gasteiger partial charge in [-0.25, -0.2) is 13.6 Å². The van der Waals surface area contributed by atoms with E-state index < -0.39 is 10.0 Å². The molecule has 2 aliphatic carbocycles. The molecule has 1 aromatic rings. The van der Waals surface area contributed by atoms with Crippen molar-refractivity contribution in [1.29, 1.82) is 0 Å². The average molecular weight is 391 g/mol. The summed E-state index contributed by atoms with van der Waals surface area (Å²) in [5, 5.41) is 8.39. The number of primary sulfonamides is 1. The molecule has 1 aliphatic heterocycles. The number of nitrogens with two attached hydrogens (primary N) is 1. The van der Waals surface area contributed by atoms with Gasteiger partial charge in [-0.3, -0.25) is 9.59 Å². The lowest BCUT2D eigenvalue weighted by Crippen LogP contribution is -2.53. The third-order valence-electron chi connectivity index (χ3n) is 5.46. The number of Topliss-reactive ketones (excluding diaryl/α,β-unsaturated/α-hetero) is 2. The molecule has 3 unspecified atom stereocenters. The van der Waals surface area contributed by atoms with E-state index in [1.165, 1.54) is 12.1 Å². The quantitative estimate of drug-likeness (QED) is 0.763. The largest absolute Gasteiger partial charge is 0.306 e. The van der Waals surface area contributed by atoms with Crippen LogP contribution in [0.3, 0.4) is 0 Å². The van der Waals surface area contributed by atoms with E-state index in [1.54, 1.807) is 12.1 Å². The van der Waals surface area contributed by atoms with Gasteiger partial charge in [0, 0.05) is 30.5 Å². The van der Waals surface area contributed by atoms with Crippen molar-refractivity contribution in [2.75, 3.05) is 0 Å². The third-order valence-corrected chi connectivity index (χ3v) is 6.39. The molecule has 1 heterocycles. The van der Waals surface area contributed by atoms with Crippen LogP contribution in [-0.4, -0.2) is 32.1 Å². The zero-order valence-corrected chi connectivity index (χ0v) is 16.3. The molecule has 146 valence electrons. The van der Waals surface area contributed by atoms with Gasteiger partial charge in [0.1, 0.15) is 5.78 Å². The highest BCUT2D eigenvalue weighted by molar-refractivity contribution is 7.89. The smallest absolute Gasteiger partial charge is 0.238 e. The van der Waals surface area contributed by atoms with Crippen molar-refractivity contribution < 1.29 is 18.0 Å². The lowest BCUT2D eigenvalue weighted by atomic mass is 9.75. The molecule has 0 radical (unpaired) electrons. The predicted molar refractivity (Wildman–Crippen MR) is 103 cm³/mol. The molecule has 0 saturated heterocycles. The van der Waals surface area contributed by atoms with Crippen molar-refractivity contribution in [3.05, 3.63) is 41.5 Å². The van der Waals surface area contributed by atoms with E-state index in [1.807, 2.05) is 13.0 Å². The molecule has 0 bridgehead atoms. The van der Waals surface area contributed by atoms with Crippen LogP contribution in [0.4, 0.5) is 0 Å². The van der Waals surface area contributed by atoms with Gasteiger partial charge in [0.2, 0.25) is 10.0 Å². The van der Waals surface area contributed by atoms with Gasteiger partial charge in [-0.2, -0.15) is 0 Å². The van der Waals surface area contributed by atoms with Gasteiger partial charge in [0.15, 0.2) is 5.78 Å². The minimum absolute atomic E-state index is 0.0259. The predicted octanol–water partition coefficient (Wildman–Crippen LogP) is 2.02. The fraction of sp³-hybridized carbons (Fsp3) is 0.500. The molecule has 0 aromatic heterocycles. The van der Waals surface area contributed by atoms with E-state index in [0.717, 1.165) is 36.8 Å². The summed E-state index contributed by atoms with van der Waals surface area (Å²) in [6.45, 7) is 1.88. The van der Waals surface area contributed by atoms with Crippen LogP contribution in [0.5, 0.6) is 0 Å². The normalized spacial score (nSPS) is 27.6. The Morgan fingerprint density at radius 2 is 1.70 bits per heavy atom. The van der Waals surface area contributed by atoms with E-state index >= 15 is 0 Å². The first-order chi connectivity index (χ1) is 12.8. The maximum Gasteiger partial charge on any atom is 0.238 e. The number of fused-ring (bicyclic) bond motifs is 2. The average Bonchev–Trinajstić information content (AvgIpc) is 2.61. The number of nitrogens with one attached hydrogen (secondary N) is 1. The topological polar surface area (TPSA) is 106 Å². The Labute approximate surface area is 160 Å². The van der Waals surface area contributed by atoms with Gasteiger partial charge in [-0.15, -0.1) is 0 Å². The van der Waals surface area contributed by atoms with Crippen LogP contribution in [0, 0.1) is 12.8 Å². The van der Waals surface area contributed by atoms with Crippen molar-refractivity contribution in [2.24, 2.45) is 11.1 Å². The van der Waals surface area contributed by atoms with Gasteiger partial charge < -0.3 is 5.32 Å². The second-order valence-corrected chi connectivity index (χ2v) is 9.07. The summed E-state index contributed by atoms with van der Waals surface area (Å²) in [7, 11) is -3.52. The third kappa shape index (κ3) is 4.72. The second-order valence-electron chi connectivity index (χ2n) is 7.51. The zero-order valence-electron chi connectivity index (χ0n) is 15.5. The molecular formula is C20H26N2O4S. The van der Waals surface area contributed by atoms with Crippen LogP contribution in [0.15, 0.2) is 40.8 Å². The molecule has 3 N–H and O–H groups in total. The SMILES string of the molecule is Cc1ccc(S(N)(=O)=O)cc1.O=C1CCCC2NC3CCCC(=O)C3C=C12. The number of carbonyl (C=O) groups is 2. The molecule has 27 heavy (non-hydrogen) atoms. The Kier molecular flexibility index (Phi) is 5.93. The molecular weight excluding hydrogens is 364 g/mol. The Hall–Kier alpha value is -1.83. The summed E-state index contributed by atoms with van der Waals surface area (Å²) in [4.78, 5) is 23.8. The van der Waals surface area contributed by atoms with Gasteiger partial charge >= 0.3 is 0 Å². The first-order valence-corrected chi connectivity index (χ1v) is 10.9. The highest BCUT2D eigenvalue weighted by Gasteiger charge is 2.39. The van der Waals surface area contributed by atoms with E-state index in [9.17, 15) is 18.0 Å². The van der Waals surface area contributed by atoms with Crippen LogP contribution in [0.1, 0.15) is 44.1 Å². The summed E-state index contributed by atoms with van der Waals surface area (Å²) < 4.78 is 21.4. The first kappa shape index (κ1) is 19.9. The maximum atomic E-state index is 11.8. The van der Waals surface area contributed by atoms with Gasteiger partial charge in [-0.05, 0) is 44.7 Å². The minimum Gasteiger partial charge on any atom is -0.306 e. The fourth-order valence-corrected chi connectivity index (χ4v) is 4.50. The number of ketones is 2. The number of rotatable bonds is 1. The summed E-state index contributed by atoms with van der Waals surface area (Å²) >= 11 is 0. The lowest BCUT2D eigenvalue weighted by Gasteiger charge is -2.40. The molecule has 7 heteroatoms. The molecule has 0 amide bonds. The van der Waals surface area contributed by atoms with Crippen LogP contribution >= 0.6 is 0 Å². The fourth-order valence-electron chi connectivity index (χ4n) is 3.99. The number of sulfonamides is 1. The van der Waals surface area contributed by atoms with E-state index in [-0.39, 0.29) is 22.6 Å². The molecule has 3 atom stereocenters. The second kappa shape index (κ2) is 8.04. The molecule has 2 fully saturated rings. The zero-order chi connectivity index (χ0) is 19.6. The van der Waals surface area contributed by atoms with Crippen molar-refractivity contribution in [3.63, 3.8) is 0 Å². The molecule has 0 spiro atoms. The molecule has 2 saturated carbocycles. The number of hydrogen-bond donors (Lipinski definition) is 2. The van der Waals surface area contributed by atoms with Crippen LogP contribution in [-0.2, 0) is 19.6 Å². The standard InChI is InChI=1S/C13H17NO2.C7H9NO2S/c15-12-5-1-3-10-8(12)7-9-11(14-10)4-2-6-13(9)16;1-6-2-4-7(5-3-6)11(8,9)10/h7-8,10-11,14H,1-6H2;2-5H,1H3,(H2,8,9,10). The molecule has 1 aromatic carbocycles. The summed E-state index contributed by atoms with van der Waals surface area (Å²) in [5.74, 6) is 0.538. The number of carbonyl (C=O) groups excluding carboxylic acids is 2. The van der Waals surface area contributed by atoms with Gasteiger partial charge in [0.25, 0.3) is 0 Å². The van der Waals surface area contributed by atoms with Crippen LogP contribution < -0.4 is 10.5 Å². The number of aryl methyl sites for hydroxylation is 1. The Balaban J connectivity index is 0.000000168. The van der Waals surface area contributed by atoms with Crippen molar-refractivity contribution >= 4 is 21.6 Å². The first-order valence-electron chi connectivity index (χ1n) is 9.39. The van der Waals surface area contributed by atoms with Gasteiger partial charge in [0.05, 0.1) is 10.8 Å².